The molecule has 0 aliphatic carbocycles. The Morgan fingerprint density at radius 2 is 1.52 bits per heavy atom. The van der Waals surface area contributed by atoms with Crippen molar-refractivity contribution in [2.45, 2.75) is 26.7 Å². The summed E-state index contributed by atoms with van der Waals surface area (Å²) >= 11 is 0. The number of hydrogen-bond acceptors (Lipinski definition) is 4. The van der Waals surface area contributed by atoms with Crippen LogP contribution in [0.5, 0.6) is 23.0 Å². The van der Waals surface area contributed by atoms with Gasteiger partial charge < -0.3 is 19.7 Å². The first-order chi connectivity index (χ1) is 14.1. The summed E-state index contributed by atoms with van der Waals surface area (Å²) in [4.78, 5) is 0. The maximum absolute atomic E-state index is 12.5. The van der Waals surface area contributed by atoms with E-state index >= 15 is 0 Å². The Morgan fingerprint density at radius 3 is 2.07 bits per heavy atom. The molecule has 156 valence electrons. The van der Waals surface area contributed by atoms with Gasteiger partial charge in [0, 0.05) is 6.07 Å². The molecule has 0 saturated heterocycles. The van der Waals surface area contributed by atoms with Gasteiger partial charge in [-0.3, -0.25) is 0 Å². The van der Waals surface area contributed by atoms with Crippen molar-refractivity contribution in [2.24, 2.45) is 0 Å². The fourth-order valence-electron chi connectivity index (χ4n) is 2.37. The van der Waals surface area contributed by atoms with Crippen LogP contribution in [0.3, 0.4) is 0 Å². The van der Waals surface area contributed by atoms with E-state index in [-0.39, 0.29) is 17.3 Å². The Kier molecular flexibility index (Phi) is 11.4. The number of aryl methyl sites for hydroxylation is 1. The fourth-order valence-corrected chi connectivity index (χ4v) is 2.37. The van der Waals surface area contributed by atoms with Crippen LogP contribution in [0.25, 0.3) is 0 Å². The zero-order valence-corrected chi connectivity index (χ0v) is 17.1. The highest BCUT2D eigenvalue weighted by atomic mass is 19.1. The second-order valence-corrected chi connectivity index (χ2v) is 5.71. The van der Waals surface area contributed by atoms with Crippen LogP contribution in [0.1, 0.15) is 25.8 Å². The first kappa shape index (κ1) is 23.8. The summed E-state index contributed by atoms with van der Waals surface area (Å²) in [5, 5.41) is 17.7. The number of phenolic OH excluding ortho intramolecular Hbond substituents is 2. The minimum atomic E-state index is -0.319. The van der Waals surface area contributed by atoms with Gasteiger partial charge in [-0.05, 0) is 48.7 Å². The Balaban J connectivity index is 0.000000213. The van der Waals surface area contributed by atoms with Crippen molar-refractivity contribution in [3.05, 3.63) is 84.2 Å². The number of aromatic hydroxyl groups is 2. The third-order valence-corrected chi connectivity index (χ3v) is 3.71. The van der Waals surface area contributed by atoms with Gasteiger partial charge in [0.05, 0.1) is 13.7 Å². The highest BCUT2D eigenvalue weighted by Gasteiger charge is 2.09. The van der Waals surface area contributed by atoms with Crippen LogP contribution in [0, 0.1) is 5.82 Å². The van der Waals surface area contributed by atoms with Crippen molar-refractivity contribution in [3.8, 4) is 23.0 Å². The average molecular weight is 400 g/mol. The first-order valence-electron chi connectivity index (χ1n) is 9.57. The van der Waals surface area contributed by atoms with E-state index in [2.05, 4.69) is 4.74 Å². The highest BCUT2D eigenvalue weighted by Crippen LogP contribution is 2.27. The minimum absolute atomic E-state index is 0.283. The normalized spacial score (nSPS) is 10.9. The standard InChI is InChI=1S/C9H10O2.C7H7FO.C6H6O.C2H6/c10-8-4-3-7-2-1-5-11-9(7)6-8;1-9-7-5-3-2-4-6(7)8;7-6-4-2-1-3-5-6;1-2/h3-4,6,10H,1-2,5H2;2-5H,1H3;1-5,7H;1-2H3. The number of methoxy groups -OCH3 is 1. The number of phenols is 2. The molecule has 4 rings (SSSR count). The zero-order chi connectivity index (χ0) is 21.5. The quantitative estimate of drug-likeness (QED) is 0.528. The van der Waals surface area contributed by atoms with Gasteiger partial charge >= 0.3 is 0 Å². The van der Waals surface area contributed by atoms with E-state index in [4.69, 9.17) is 14.9 Å². The summed E-state index contributed by atoms with van der Waals surface area (Å²) in [6, 6.07) is 20.3. The van der Waals surface area contributed by atoms with Crippen LogP contribution in [0.15, 0.2) is 72.8 Å². The molecule has 1 aliphatic rings. The summed E-state index contributed by atoms with van der Waals surface area (Å²) < 4.78 is 22.5. The molecule has 0 fully saturated rings. The average Bonchev–Trinajstić information content (AvgIpc) is 2.77. The first-order valence-corrected chi connectivity index (χ1v) is 9.57. The van der Waals surface area contributed by atoms with Gasteiger partial charge in [0.15, 0.2) is 11.6 Å². The molecule has 0 bridgehead atoms. The number of rotatable bonds is 1. The molecule has 1 aliphatic heterocycles. The Morgan fingerprint density at radius 1 is 0.862 bits per heavy atom. The Labute approximate surface area is 172 Å². The largest absolute Gasteiger partial charge is 0.508 e. The number of halogens is 1. The van der Waals surface area contributed by atoms with E-state index in [1.54, 1.807) is 54.6 Å². The summed E-state index contributed by atoms with van der Waals surface area (Å²) in [7, 11) is 1.44. The second-order valence-electron chi connectivity index (χ2n) is 5.71. The topological polar surface area (TPSA) is 58.9 Å². The van der Waals surface area contributed by atoms with Crippen LogP contribution >= 0.6 is 0 Å². The summed E-state index contributed by atoms with van der Waals surface area (Å²) in [6.45, 7) is 4.77. The molecule has 1 heterocycles. The van der Waals surface area contributed by atoms with Gasteiger partial charge in [0.1, 0.15) is 17.2 Å². The maximum atomic E-state index is 12.5. The van der Waals surface area contributed by atoms with Gasteiger partial charge in [-0.15, -0.1) is 0 Å². The van der Waals surface area contributed by atoms with E-state index in [9.17, 15) is 4.39 Å². The number of fused-ring (bicyclic) bond motifs is 1. The van der Waals surface area contributed by atoms with Gasteiger partial charge in [-0.2, -0.15) is 0 Å². The number of para-hydroxylation sites is 2. The Bertz CT molecular complexity index is 822. The lowest BCUT2D eigenvalue weighted by Gasteiger charge is -2.16. The van der Waals surface area contributed by atoms with Gasteiger partial charge in [-0.1, -0.05) is 50.2 Å². The van der Waals surface area contributed by atoms with Gasteiger partial charge in [-0.25, -0.2) is 4.39 Å². The predicted octanol–water partition coefficient (Wildman–Crippen LogP) is 5.97. The third kappa shape index (κ3) is 9.02. The van der Waals surface area contributed by atoms with Gasteiger partial charge in [0.25, 0.3) is 0 Å². The molecular formula is C24H29FO4. The summed E-state index contributed by atoms with van der Waals surface area (Å²) in [5.41, 5.74) is 1.20. The molecule has 5 heteroatoms. The lowest BCUT2D eigenvalue weighted by molar-refractivity contribution is 0.286. The van der Waals surface area contributed by atoms with E-state index in [1.807, 2.05) is 26.0 Å². The minimum Gasteiger partial charge on any atom is -0.508 e. The molecule has 3 aromatic carbocycles. The van der Waals surface area contributed by atoms with Crippen molar-refractivity contribution in [1.29, 1.82) is 0 Å². The van der Waals surface area contributed by atoms with Crippen LogP contribution < -0.4 is 9.47 Å². The Hall–Kier alpha value is -3.21. The van der Waals surface area contributed by atoms with Crippen molar-refractivity contribution in [1.82, 2.24) is 0 Å². The fraction of sp³-hybridized carbons (Fsp3) is 0.250. The second kappa shape index (κ2) is 13.9. The van der Waals surface area contributed by atoms with Crippen LogP contribution in [-0.4, -0.2) is 23.9 Å². The molecule has 0 saturated carbocycles. The van der Waals surface area contributed by atoms with Crippen molar-refractivity contribution in [2.75, 3.05) is 13.7 Å². The van der Waals surface area contributed by atoms with Crippen LogP contribution in [0.2, 0.25) is 0 Å². The van der Waals surface area contributed by atoms with E-state index < -0.39 is 0 Å². The highest BCUT2D eigenvalue weighted by molar-refractivity contribution is 5.40. The summed E-state index contributed by atoms with van der Waals surface area (Å²) in [6.07, 6.45) is 2.15. The molecule has 29 heavy (non-hydrogen) atoms. The molecule has 2 N–H and O–H groups in total. The molecule has 3 aromatic rings. The maximum Gasteiger partial charge on any atom is 0.165 e. The molecule has 0 unspecified atom stereocenters. The smallest absolute Gasteiger partial charge is 0.165 e. The molecule has 0 aromatic heterocycles. The van der Waals surface area contributed by atoms with Crippen LogP contribution in [-0.2, 0) is 6.42 Å². The SMILES string of the molecule is CC.COc1ccccc1F.Oc1ccc2c(c1)OCCC2.Oc1ccccc1. The predicted molar refractivity (Wildman–Crippen MR) is 114 cm³/mol. The lowest BCUT2D eigenvalue weighted by atomic mass is 10.1. The monoisotopic (exact) mass is 400 g/mol. The number of ether oxygens (including phenoxy) is 2. The van der Waals surface area contributed by atoms with Crippen molar-refractivity contribution in [3.63, 3.8) is 0 Å². The number of hydrogen-bond donors (Lipinski definition) is 2. The van der Waals surface area contributed by atoms with E-state index in [0.717, 1.165) is 25.2 Å². The summed E-state index contributed by atoms with van der Waals surface area (Å²) in [5.74, 6) is 1.42. The molecule has 0 amide bonds. The number of benzene rings is 3. The van der Waals surface area contributed by atoms with E-state index in [0.29, 0.717) is 5.75 Å². The molecule has 0 atom stereocenters. The van der Waals surface area contributed by atoms with Gasteiger partial charge in [0.2, 0.25) is 0 Å². The van der Waals surface area contributed by atoms with Crippen LogP contribution in [0.4, 0.5) is 4.39 Å². The molecular weight excluding hydrogens is 371 g/mol. The van der Waals surface area contributed by atoms with Crippen molar-refractivity contribution >= 4 is 0 Å². The third-order valence-electron chi connectivity index (χ3n) is 3.71. The molecule has 4 nitrogen and oxygen atoms in total. The van der Waals surface area contributed by atoms with E-state index in [1.165, 1.54) is 18.7 Å². The molecule has 0 spiro atoms. The zero-order valence-electron chi connectivity index (χ0n) is 17.1. The lowest BCUT2D eigenvalue weighted by Crippen LogP contribution is -2.07. The van der Waals surface area contributed by atoms with Crippen molar-refractivity contribution < 1.29 is 24.1 Å². The molecule has 0 radical (unpaired) electrons.